The minimum atomic E-state index is 0.464. The molecule has 1 aromatic heterocycles. The van der Waals surface area contributed by atoms with E-state index in [1.54, 1.807) is 11.3 Å². The molecule has 0 spiro atoms. The first-order chi connectivity index (χ1) is 9.20. The van der Waals surface area contributed by atoms with E-state index in [1.165, 1.54) is 49.2 Å². The summed E-state index contributed by atoms with van der Waals surface area (Å²) in [6.45, 7) is 3.36. The summed E-state index contributed by atoms with van der Waals surface area (Å²) in [4.78, 5) is 8.36. The predicted molar refractivity (Wildman–Crippen MR) is 80.7 cm³/mol. The Bertz CT molecular complexity index is 426. The quantitative estimate of drug-likeness (QED) is 0.933. The maximum atomic E-state index is 5.99. The van der Waals surface area contributed by atoms with Crippen molar-refractivity contribution in [1.29, 1.82) is 0 Å². The number of fused-ring (bicyclic) bond motifs is 1. The molecular formula is C14H22ClN3S. The van der Waals surface area contributed by atoms with Gasteiger partial charge < -0.3 is 5.73 Å². The monoisotopic (exact) mass is 299 g/mol. The number of nitrogens with two attached hydrogens (primary N) is 1. The van der Waals surface area contributed by atoms with Crippen LogP contribution < -0.4 is 5.73 Å². The summed E-state index contributed by atoms with van der Waals surface area (Å²) < 4.78 is 0.702. The van der Waals surface area contributed by atoms with Crippen molar-refractivity contribution in [2.24, 2.45) is 11.7 Å². The van der Waals surface area contributed by atoms with Crippen LogP contribution in [-0.4, -0.2) is 29.0 Å². The van der Waals surface area contributed by atoms with E-state index in [4.69, 9.17) is 17.3 Å². The highest BCUT2D eigenvalue weighted by molar-refractivity contribution is 7.15. The molecule has 1 aliphatic carbocycles. The molecule has 106 valence electrons. The Labute approximate surface area is 124 Å². The van der Waals surface area contributed by atoms with Crippen molar-refractivity contribution in [1.82, 2.24) is 9.88 Å². The summed E-state index contributed by atoms with van der Waals surface area (Å²) in [6.07, 6.45) is 7.52. The van der Waals surface area contributed by atoms with E-state index in [9.17, 15) is 0 Å². The largest absolute Gasteiger partial charge is 0.328 e. The number of hydrogen-bond acceptors (Lipinski definition) is 4. The fourth-order valence-corrected chi connectivity index (χ4v) is 4.42. The van der Waals surface area contributed by atoms with Crippen molar-refractivity contribution in [3.8, 4) is 0 Å². The van der Waals surface area contributed by atoms with Crippen LogP contribution in [0.3, 0.4) is 0 Å². The van der Waals surface area contributed by atoms with Gasteiger partial charge in [-0.3, -0.25) is 4.90 Å². The van der Waals surface area contributed by atoms with Crippen molar-refractivity contribution in [3.05, 3.63) is 15.0 Å². The Kier molecular flexibility index (Phi) is 4.42. The van der Waals surface area contributed by atoms with Crippen LogP contribution in [0.2, 0.25) is 4.47 Å². The standard InChI is InChI=1S/C14H22ClN3S/c15-14-17-12-9-18(8-6-13(12)19-14)7-5-10-1-3-11(16)4-2-10/h10-11H,1-9,16H2/t10-,11-. The van der Waals surface area contributed by atoms with Crippen molar-refractivity contribution >= 4 is 22.9 Å². The second-order valence-corrected chi connectivity index (χ2v) is 7.60. The number of nitrogens with zero attached hydrogens (tertiary/aromatic N) is 2. The maximum Gasteiger partial charge on any atom is 0.184 e. The molecule has 0 amide bonds. The Morgan fingerprint density at radius 2 is 2.11 bits per heavy atom. The molecule has 2 aliphatic rings. The van der Waals surface area contributed by atoms with E-state index in [0.717, 1.165) is 25.4 Å². The summed E-state index contributed by atoms with van der Waals surface area (Å²) in [5.41, 5.74) is 7.18. The first-order valence-electron chi connectivity index (χ1n) is 7.32. The van der Waals surface area contributed by atoms with Gasteiger partial charge >= 0.3 is 0 Å². The molecule has 2 heterocycles. The fourth-order valence-electron chi connectivity index (χ4n) is 3.25. The lowest BCUT2D eigenvalue weighted by Gasteiger charge is -2.30. The third-order valence-electron chi connectivity index (χ3n) is 4.53. The molecule has 1 aromatic rings. The van der Waals surface area contributed by atoms with Crippen LogP contribution in [0.5, 0.6) is 0 Å². The average molecular weight is 300 g/mol. The van der Waals surface area contributed by atoms with Gasteiger partial charge in [-0.15, -0.1) is 11.3 Å². The van der Waals surface area contributed by atoms with Crippen molar-refractivity contribution in [2.45, 2.75) is 51.1 Å². The van der Waals surface area contributed by atoms with Crippen LogP contribution in [0.15, 0.2) is 0 Å². The summed E-state index contributed by atoms with van der Waals surface area (Å²) in [7, 11) is 0. The molecule has 19 heavy (non-hydrogen) atoms. The highest BCUT2D eigenvalue weighted by atomic mass is 35.5. The van der Waals surface area contributed by atoms with E-state index in [2.05, 4.69) is 9.88 Å². The van der Waals surface area contributed by atoms with Crippen LogP contribution in [0, 0.1) is 5.92 Å². The average Bonchev–Trinajstić information content (AvgIpc) is 2.77. The zero-order valence-electron chi connectivity index (χ0n) is 11.3. The van der Waals surface area contributed by atoms with Gasteiger partial charge in [0, 0.05) is 24.0 Å². The highest BCUT2D eigenvalue weighted by Gasteiger charge is 2.22. The van der Waals surface area contributed by atoms with Gasteiger partial charge in [-0.25, -0.2) is 4.98 Å². The molecule has 0 radical (unpaired) electrons. The van der Waals surface area contributed by atoms with Gasteiger partial charge in [0.25, 0.3) is 0 Å². The summed E-state index contributed by atoms with van der Waals surface area (Å²) >= 11 is 7.64. The molecule has 3 rings (SSSR count). The van der Waals surface area contributed by atoms with Gasteiger partial charge in [-0.05, 0) is 51.0 Å². The normalized spacial score (nSPS) is 28.3. The first kappa shape index (κ1) is 13.8. The van der Waals surface area contributed by atoms with Gasteiger partial charge in [0.15, 0.2) is 4.47 Å². The first-order valence-corrected chi connectivity index (χ1v) is 8.52. The molecule has 1 saturated carbocycles. The number of aromatic nitrogens is 1. The van der Waals surface area contributed by atoms with Crippen LogP contribution in [0.4, 0.5) is 0 Å². The number of rotatable bonds is 3. The number of hydrogen-bond donors (Lipinski definition) is 1. The third kappa shape index (κ3) is 3.48. The Balaban J connectivity index is 1.47. The predicted octanol–water partition coefficient (Wildman–Crippen LogP) is 3.06. The molecule has 3 nitrogen and oxygen atoms in total. The van der Waals surface area contributed by atoms with Gasteiger partial charge in [-0.1, -0.05) is 11.6 Å². The van der Waals surface area contributed by atoms with E-state index >= 15 is 0 Å². The van der Waals surface area contributed by atoms with Gasteiger partial charge in [0.2, 0.25) is 0 Å². The molecule has 2 N–H and O–H groups in total. The lowest BCUT2D eigenvalue weighted by atomic mass is 9.84. The second-order valence-electron chi connectivity index (χ2n) is 5.93. The minimum Gasteiger partial charge on any atom is -0.328 e. The van der Waals surface area contributed by atoms with Crippen molar-refractivity contribution < 1.29 is 0 Å². The zero-order valence-corrected chi connectivity index (χ0v) is 12.8. The molecular weight excluding hydrogens is 278 g/mol. The topological polar surface area (TPSA) is 42.1 Å². The Hall–Kier alpha value is -0.160. The van der Waals surface area contributed by atoms with E-state index < -0.39 is 0 Å². The summed E-state index contributed by atoms with van der Waals surface area (Å²) in [5.74, 6) is 0.889. The fraction of sp³-hybridized carbons (Fsp3) is 0.786. The molecule has 0 unspecified atom stereocenters. The Morgan fingerprint density at radius 1 is 1.32 bits per heavy atom. The molecule has 1 fully saturated rings. The van der Waals surface area contributed by atoms with Gasteiger partial charge in [0.05, 0.1) is 5.69 Å². The summed E-state index contributed by atoms with van der Waals surface area (Å²) in [6, 6.07) is 0.464. The van der Waals surface area contributed by atoms with Crippen LogP contribution >= 0.6 is 22.9 Å². The van der Waals surface area contributed by atoms with E-state index in [-0.39, 0.29) is 0 Å². The van der Waals surface area contributed by atoms with Crippen LogP contribution in [0.1, 0.15) is 42.7 Å². The smallest absolute Gasteiger partial charge is 0.184 e. The third-order valence-corrected chi connectivity index (χ3v) is 5.79. The highest BCUT2D eigenvalue weighted by Crippen LogP contribution is 2.29. The lowest BCUT2D eigenvalue weighted by Crippen LogP contribution is -2.33. The molecule has 0 saturated heterocycles. The molecule has 1 aliphatic heterocycles. The SMILES string of the molecule is N[C@H]1CC[C@H](CCN2CCc3sc(Cl)nc3C2)CC1. The summed E-state index contributed by atoms with van der Waals surface area (Å²) in [5, 5.41) is 0. The van der Waals surface area contributed by atoms with Gasteiger partial charge in [0.1, 0.15) is 0 Å². The number of thiazole rings is 1. The van der Waals surface area contributed by atoms with E-state index in [1.807, 2.05) is 0 Å². The molecule has 0 bridgehead atoms. The van der Waals surface area contributed by atoms with E-state index in [0.29, 0.717) is 10.5 Å². The molecule has 5 heteroatoms. The van der Waals surface area contributed by atoms with Crippen LogP contribution in [-0.2, 0) is 13.0 Å². The second kappa shape index (κ2) is 6.08. The zero-order chi connectivity index (χ0) is 13.2. The maximum absolute atomic E-state index is 5.99. The molecule has 0 atom stereocenters. The lowest BCUT2D eigenvalue weighted by molar-refractivity contribution is 0.212. The van der Waals surface area contributed by atoms with Crippen molar-refractivity contribution in [3.63, 3.8) is 0 Å². The number of halogens is 1. The molecule has 0 aromatic carbocycles. The minimum absolute atomic E-state index is 0.464. The van der Waals surface area contributed by atoms with Crippen molar-refractivity contribution in [2.75, 3.05) is 13.1 Å². The van der Waals surface area contributed by atoms with Crippen LogP contribution in [0.25, 0.3) is 0 Å². The Morgan fingerprint density at radius 3 is 2.89 bits per heavy atom. The van der Waals surface area contributed by atoms with Gasteiger partial charge in [-0.2, -0.15) is 0 Å².